The van der Waals surface area contributed by atoms with Crippen LogP contribution in [-0.4, -0.2) is 47.2 Å². The number of fused-ring (bicyclic) bond motifs is 2. The molecule has 2 atom stereocenters. The largest absolute Gasteiger partial charge is 0.493 e. The van der Waals surface area contributed by atoms with Gasteiger partial charge in [0.1, 0.15) is 35.2 Å². The molecular formula is C46H54Cl2N2O4. The third-order valence-electron chi connectivity index (χ3n) is 12.5. The van der Waals surface area contributed by atoms with Gasteiger partial charge in [-0.15, -0.1) is 0 Å². The lowest BCUT2D eigenvalue weighted by Gasteiger charge is -2.48. The number of likely N-dealkylation sites (tertiary alicyclic amines) is 2. The first-order valence-corrected chi connectivity index (χ1v) is 20.7. The highest BCUT2D eigenvalue weighted by Crippen LogP contribution is 2.47. The van der Waals surface area contributed by atoms with Gasteiger partial charge in [-0.3, -0.25) is 9.80 Å². The molecule has 0 N–H and O–H groups in total. The summed E-state index contributed by atoms with van der Waals surface area (Å²) in [4.78, 5) is 4.96. The first-order chi connectivity index (χ1) is 26.0. The van der Waals surface area contributed by atoms with E-state index in [1.54, 1.807) is 0 Å². The number of nitrogens with zero attached hydrogens (tertiary/aromatic N) is 2. The van der Waals surface area contributed by atoms with Crippen molar-refractivity contribution in [2.45, 2.75) is 116 Å². The number of hydrogen-bond acceptors (Lipinski definition) is 6. The highest BCUT2D eigenvalue weighted by Gasteiger charge is 2.38. The fraction of sp³-hybridized carbons (Fsp3) is 0.478. The molecule has 2 saturated heterocycles. The average molecular weight is 770 g/mol. The summed E-state index contributed by atoms with van der Waals surface area (Å²) in [5, 5.41) is 1.26. The summed E-state index contributed by atoms with van der Waals surface area (Å²) in [5.74, 6) is 3.06. The van der Waals surface area contributed by atoms with E-state index in [-0.39, 0.29) is 23.3 Å². The van der Waals surface area contributed by atoms with Gasteiger partial charge in [-0.1, -0.05) is 59.6 Å². The Balaban J connectivity index is 1.02. The van der Waals surface area contributed by atoms with Gasteiger partial charge in [0.15, 0.2) is 0 Å². The van der Waals surface area contributed by atoms with Crippen molar-refractivity contribution in [1.82, 2.24) is 9.80 Å². The normalized spacial score (nSPS) is 21.2. The number of halogens is 2. The molecule has 0 saturated carbocycles. The predicted octanol–water partition coefficient (Wildman–Crippen LogP) is 11.6. The summed E-state index contributed by atoms with van der Waals surface area (Å²) in [6.07, 6.45) is 5.89. The van der Waals surface area contributed by atoms with Crippen LogP contribution in [-0.2, 0) is 25.9 Å². The Hall–Kier alpha value is -3.42. The number of hydrogen-bond donors (Lipinski definition) is 0. The number of rotatable bonds is 13. The van der Waals surface area contributed by atoms with Crippen LogP contribution in [0, 0.1) is 0 Å². The monoisotopic (exact) mass is 768 g/mol. The van der Waals surface area contributed by atoms with Crippen LogP contribution < -0.4 is 18.9 Å². The van der Waals surface area contributed by atoms with Crippen LogP contribution in [0.5, 0.6) is 23.0 Å². The van der Waals surface area contributed by atoms with E-state index in [9.17, 15) is 0 Å². The molecular weight excluding hydrogens is 715 g/mol. The van der Waals surface area contributed by atoms with Crippen LogP contribution in [0.4, 0.5) is 0 Å². The molecule has 2 fully saturated rings. The molecule has 8 rings (SSSR count). The second-order valence-corrected chi connectivity index (χ2v) is 17.5. The molecule has 0 aromatic heterocycles. The Morgan fingerprint density at radius 3 is 1.39 bits per heavy atom. The van der Waals surface area contributed by atoms with Crippen molar-refractivity contribution in [3.63, 3.8) is 0 Å². The minimum Gasteiger partial charge on any atom is -0.493 e. The first-order valence-electron chi connectivity index (χ1n) is 19.9. The lowest BCUT2D eigenvalue weighted by atomic mass is 9.88. The Bertz CT molecular complexity index is 1900. The Labute approximate surface area is 331 Å². The quantitative estimate of drug-likeness (QED) is 0.135. The third kappa shape index (κ3) is 7.09. The summed E-state index contributed by atoms with van der Waals surface area (Å²) in [6.45, 7) is 18.2. The second kappa shape index (κ2) is 14.9. The van der Waals surface area contributed by atoms with Gasteiger partial charge in [-0.05, 0) is 126 Å². The molecule has 2 aliphatic heterocycles. The molecule has 54 heavy (non-hydrogen) atoms. The second-order valence-electron chi connectivity index (χ2n) is 16.7. The van der Waals surface area contributed by atoms with Gasteiger partial charge in [0.25, 0.3) is 0 Å². The van der Waals surface area contributed by atoms with Crippen molar-refractivity contribution in [1.29, 1.82) is 0 Å². The predicted molar refractivity (Wildman–Crippen MR) is 219 cm³/mol. The van der Waals surface area contributed by atoms with Crippen molar-refractivity contribution in [2.75, 3.05) is 26.3 Å². The van der Waals surface area contributed by atoms with Gasteiger partial charge >= 0.3 is 0 Å². The first kappa shape index (κ1) is 37.5. The minimum atomic E-state index is -0.0863. The Morgan fingerprint density at radius 2 is 1.04 bits per heavy atom. The Kier molecular flexibility index (Phi) is 10.4. The van der Waals surface area contributed by atoms with E-state index < -0.39 is 0 Å². The van der Waals surface area contributed by atoms with Crippen molar-refractivity contribution < 1.29 is 18.9 Å². The van der Waals surface area contributed by atoms with E-state index in [2.05, 4.69) is 73.9 Å². The van der Waals surface area contributed by atoms with Crippen molar-refractivity contribution in [3.05, 3.63) is 104 Å². The Morgan fingerprint density at radius 1 is 0.611 bits per heavy atom. The molecule has 0 spiro atoms. The molecule has 4 aromatic carbocycles. The van der Waals surface area contributed by atoms with Gasteiger partial charge in [-0.25, -0.2) is 0 Å². The number of benzene rings is 4. The van der Waals surface area contributed by atoms with E-state index in [1.807, 2.05) is 38.1 Å². The molecule has 2 heterocycles. The average Bonchev–Trinajstić information content (AvgIpc) is 3.76. The summed E-state index contributed by atoms with van der Waals surface area (Å²) in [6, 6.07) is 21.4. The maximum atomic E-state index is 6.94. The van der Waals surface area contributed by atoms with Crippen LogP contribution >= 0.6 is 23.2 Å². The molecule has 4 aromatic rings. The lowest BCUT2D eigenvalue weighted by molar-refractivity contribution is 0.00718. The molecule has 0 unspecified atom stereocenters. The molecule has 286 valence electrons. The molecule has 0 amide bonds. The van der Waals surface area contributed by atoms with Gasteiger partial charge in [0, 0.05) is 60.5 Å². The summed E-state index contributed by atoms with van der Waals surface area (Å²) < 4.78 is 25.8. The fourth-order valence-corrected chi connectivity index (χ4v) is 9.34. The van der Waals surface area contributed by atoms with Gasteiger partial charge in [0.2, 0.25) is 0 Å². The van der Waals surface area contributed by atoms with Crippen LogP contribution in [0.15, 0.2) is 60.7 Å². The van der Waals surface area contributed by atoms with E-state index >= 15 is 0 Å². The van der Waals surface area contributed by atoms with Crippen molar-refractivity contribution in [3.8, 4) is 34.1 Å². The van der Waals surface area contributed by atoms with E-state index in [0.717, 1.165) is 74.5 Å². The van der Waals surface area contributed by atoms with Gasteiger partial charge in [0.05, 0.1) is 23.3 Å². The SMILES string of the molecule is CCOc1cc(O[C@H]2CCc3c(-c4cccc5c4CC[C@@H]5Oc4cc(OCC)c(CN5CCC5(C)C)cc4Cl)cccc32)c(Cl)cc1CN1CCC1(C)C. The van der Waals surface area contributed by atoms with E-state index in [4.69, 9.17) is 42.1 Å². The topological polar surface area (TPSA) is 43.4 Å². The summed E-state index contributed by atoms with van der Waals surface area (Å²) in [5.41, 5.74) is 10.3. The van der Waals surface area contributed by atoms with Crippen LogP contribution in [0.2, 0.25) is 10.0 Å². The lowest BCUT2D eigenvalue weighted by Crippen LogP contribution is -2.54. The highest BCUT2D eigenvalue weighted by atomic mass is 35.5. The van der Waals surface area contributed by atoms with Gasteiger partial charge in [-0.2, -0.15) is 0 Å². The zero-order valence-electron chi connectivity index (χ0n) is 32.7. The molecule has 4 aliphatic rings. The number of ether oxygens (including phenoxy) is 4. The maximum absolute atomic E-state index is 6.94. The standard InChI is InChI=1S/C46H54Cl2N2O4/c1-7-51-41-25-43(37(47)23-29(41)27-49-21-19-45(49,3)4)53-39-17-15-33-31(11-9-13-35(33)39)32-12-10-14-36-34(32)16-18-40(36)54-44-26-42(52-8-2)30(24-38(44)48)28-50-22-20-46(50,5)6/h9-14,23-26,39-40H,7-8,15-22,27-28H2,1-6H3/t39-,40-/m0/s1. The molecule has 0 radical (unpaired) electrons. The smallest absolute Gasteiger partial charge is 0.142 e. The maximum Gasteiger partial charge on any atom is 0.142 e. The summed E-state index contributed by atoms with van der Waals surface area (Å²) in [7, 11) is 0. The zero-order valence-corrected chi connectivity index (χ0v) is 34.2. The fourth-order valence-electron chi connectivity index (χ4n) is 8.88. The van der Waals surface area contributed by atoms with Crippen molar-refractivity contribution in [2.24, 2.45) is 0 Å². The van der Waals surface area contributed by atoms with Crippen LogP contribution in [0.3, 0.4) is 0 Å². The molecule has 2 aliphatic carbocycles. The molecule has 0 bridgehead atoms. The van der Waals surface area contributed by atoms with Crippen molar-refractivity contribution >= 4 is 23.2 Å². The molecule has 6 nitrogen and oxygen atoms in total. The third-order valence-corrected chi connectivity index (χ3v) is 13.1. The minimum absolute atomic E-state index is 0.0863. The van der Waals surface area contributed by atoms with Crippen LogP contribution in [0.1, 0.15) is 113 Å². The molecule has 8 heteroatoms. The van der Waals surface area contributed by atoms with Crippen LogP contribution in [0.25, 0.3) is 11.1 Å². The summed E-state index contributed by atoms with van der Waals surface area (Å²) >= 11 is 13.9. The van der Waals surface area contributed by atoms with E-state index in [0.29, 0.717) is 34.8 Å². The highest BCUT2D eigenvalue weighted by molar-refractivity contribution is 6.32. The van der Waals surface area contributed by atoms with E-state index in [1.165, 1.54) is 46.2 Å². The van der Waals surface area contributed by atoms with Gasteiger partial charge < -0.3 is 18.9 Å². The zero-order chi connectivity index (χ0) is 37.8.